The van der Waals surface area contributed by atoms with Gasteiger partial charge in [-0.3, -0.25) is 4.68 Å². The molecular formula is C15H20N6. The Morgan fingerprint density at radius 3 is 2.81 bits per heavy atom. The molecule has 110 valence electrons. The third-order valence-corrected chi connectivity index (χ3v) is 3.78. The van der Waals surface area contributed by atoms with Gasteiger partial charge in [-0.2, -0.15) is 5.10 Å². The van der Waals surface area contributed by atoms with Crippen molar-refractivity contribution in [1.29, 1.82) is 0 Å². The van der Waals surface area contributed by atoms with Gasteiger partial charge >= 0.3 is 0 Å². The van der Waals surface area contributed by atoms with E-state index in [1.54, 1.807) is 0 Å². The monoisotopic (exact) mass is 284 g/mol. The van der Waals surface area contributed by atoms with E-state index in [0.29, 0.717) is 0 Å². The van der Waals surface area contributed by atoms with Crippen LogP contribution in [0.15, 0.2) is 24.7 Å². The summed E-state index contributed by atoms with van der Waals surface area (Å²) in [5.41, 5.74) is 3.09. The summed E-state index contributed by atoms with van der Waals surface area (Å²) in [4.78, 5) is 8.87. The average Bonchev–Trinajstić information content (AvgIpc) is 3.01. The molecule has 0 aliphatic heterocycles. The minimum atomic E-state index is 0.190. The Morgan fingerprint density at radius 2 is 2.10 bits per heavy atom. The molecular weight excluding hydrogens is 264 g/mol. The van der Waals surface area contributed by atoms with Gasteiger partial charge < -0.3 is 9.88 Å². The van der Waals surface area contributed by atoms with E-state index < -0.39 is 0 Å². The molecule has 3 aromatic heterocycles. The second-order valence-electron chi connectivity index (χ2n) is 5.42. The molecule has 0 radical (unpaired) electrons. The molecule has 0 spiro atoms. The lowest BCUT2D eigenvalue weighted by Gasteiger charge is -2.13. The van der Waals surface area contributed by atoms with E-state index in [-0.39, 0.29) is 6.04 Å². The van der Waals surface area contributed by atoms with Gasteiger partial charge in [0, 0.05) is 44.6 Å². The summed E-state index contributed by atoms with van der Waals surface area (Å²) in [6, 6.07) is 2.35. The lowest BCUT2D eigenvalue weighted by atomic mass is 10.2. The van der Waals surface area contributed by atoms with E-state index in [0.717, 1.165) is 34.7 Å². The molecule has 0 amide bonds. The minimum Gasteiger partial charge on any atom is -0.337 e. The van der Waals surface area contributed by atoms with E-state index in [1.807, 2.05) is 48.9 Å². The summed E-state index contributed by atoms with van der Waals surface area (Å²) in [7, 11) is 3.93. The van der Waals surface area contributed by atoms with E-state index in [2.05, 4.69) is 33.4 Å². The first-order valence-electron chi connectivity index (χ1n) is 7.05. The number of imidazole rings is 1. The van der Waals surface area contributed by atoms with Crippen LogP contribution in [0.3, 0.4) is 0 Å². The summed E-state index contributed by atoms with van der Waals surface area (Å²) in [5.74, 6) is 1.03. The molecule has 21 heavy (non-hydrogen) atoms. The van der Waals surface area contributed by atoms with Crippen molar-refractivity contribution in [1.82, 2.24) is 29.6 Å². The fourth-order valence-corrected chi connectivity index (χ4v) is 2.60. The van der Waals surface area contributed by atoms with Crippen LogP contribution in [-0.2, 0) is 20.6 Å². The summed E-state index contributed by atoms with van der Waals surface area (Å²) in [6.07, 6.45) is 5.68. The second-order valence-corrected chi connectivity index (χ2v) is 5.42. The minimum absolute atomic E-state index is 0.190. The van der Waals surface area contributed by atoms with E-state index in [1.165, 1.54) is 0 Å². The van der Waals surface area contributed by atoms with Crippen LogP contribution in [0.1, 0.15) is 30.0 Å². The predicted molar refractivity (Wildman–Crippen MR) is 81.7 cm³/mol. The molecule has 0 fully saturated rings. The molecule has 3 aromatic rings. The van der Waals surface area contributed by atoms with Gasteiger partial charge in [0.25, 0.3) is 0 Å². The lowest BCUT2D eigenvalue weighted by Crippen LogP contribution is -2.21. The SMILES string of the molecule is Cc1nn(C)c2ncc(CNC(C)c3nccn3C)cc12. The molecule has 0 saturated carbocycles. The van der Waals surface area contributed by atoms with E-state index >= 15 is 0 Å². The van der Waals surface area contributed by atoms with Gasteiger partial charge in [-0.25, -0.2) is 9.97 Å². The number of pyridine rings is 1. The first-order chi connectivity index (χ1) is 10.1. The highest BCUT2D eigenvalue weighted by Gasteiger charge is 2.11. The molecule has 0 aliphatic rings. The van der Waals surface area contributed by atoms with Gasteiger partial charge in [0.2, 0.25) is 0 Å². The van der Waals surface area contributed by atoms with Crippen molar-refractivity contribution in [2.24, 2.45) is 14.1 Å². The number of hydrogen-bond donors (Lipinski definition) is 1. The number of nitrogens with zero attached hydrogens (tertiary/aromatic N) is 5. The Balaban J connectivity index is 1.76. The highest BCUT2D eigenvalue weighted by molar-refractivity contribution is 5.78. The number of aryl methyl sites for hydroxylation is 3. The quantitative estimate of drug-likeness (QED) is 0.794. The number of fused-ring (bicyclic) bond motifs is 1. The van der Waals surface area contributed by atoms with Crippen molar-refractivity contribution in [3.05, 3.63) is 41.7 Å². The van der Waals surface area contributed by atoms with Crippen LogP contribution in [0.25, 0.3) is 11.0 Å². The summed E-state index contributed by atoms with van der Waals surface area (Å²) >= 11 is 0. The van der Waals surface area contributed by atoms with Crippen molar-refractivity contribution in [2.75, 3.05) is 0 Å². The van der Waals surface area contributed by atoms with Crippen molar-refractivity contribution in [2.45, 2.75) is 26.4 Å². The molecule has 3 heterocycles. The Kier molecular flexibility index (Phi) is 3.47. The van der Waals surface area contributed by atoms with Crippen LogP contribution in [0, 0.1) is 6.92 Å². The molecule has 0 bridgehead atoms. The van der Waals surface area contributed by atoms with Gasteiger partial charge in [0.05, 0.1) is 11.7 Å². The second kappa shape index (κ2) is 5.29. The predicted octanol–water partition coefficient (Wildman–Crippen LogP) is 1.86. The number of hydrogen-bond acceptors (Lipinski definition) is 4. The van der Waals surface area contributed by atoms with Gasteiger partial charge in [-0.15, -0.1) is 0 Å². The molecule has 1 unspecified atom stereocenters. The largest absolute Gasteiger partial charge is 0.337 e. The van der Waals surface area contributed by atoms with E-state index in [9.17, 15) is 0 Å². The molecule has 1 N–H and O–H groups in total. The molecule has 3 rings (SSSR count). The standard InChI is InChI=1S/C15H20N6/c1-10-13-7-12(9-18-15(13)21(4)19-10)8-17-11(2)14-16-5-6-20(14)3/h5-7,9,11,17H,8H2,1-4H3. The Hall–Kier alpha value is -2.21. The topological polar surface area (TPSA) is 60.6 Å². The summed E-state index contributed by atoms with van der Waals surface area (Å²) in [5, 5.41) is 8.99. The van der Waals surface area contributed by atoms with Gasteiger partial charge in [-0.05, 0) is 25.5 Å². The molecule has 6 heteroatoms. The van der Waals surface area contributed by atoms with Crippen LogP contribution >= 0.6 is 0 Å². The van der Waals surface area contributed by atoms with Crippen LogP contribution in [0.5, 0.6) is 0 Å². The zero-order valence-electron chi connectivity index (χ0n) is 12.8. The Labute approximate surface area is 123 Å². The highest BCUT2D eigenvalue weighted by Crippen LogP contribution is 2.17. The number of aromatic nitrogens is 5. The first-order valence-corrected chi connectivity index (χ1v) is 7.05. The van der Waals surface area contributed by atoms with Crippen LogP contribution in [0.2, 0.25) is 0 Å². The molecule has 1 atom stereocenters. The normalized spacial score (nSPS) is 13.0. The van der Waals surface area contributed by atoms with Gasteiger partial charge in [0.1, 0.15) is 5.82 Å². The fraction of sp³-hybridized carbons (Fsp3) is 0.400. The number of nitrogens with one attached hydrogen (secondary N) is 1. The Morgan fingerprint density at radius 1 is 1.29 bits per heavy atom. The van der Waals surface area contributed by atoms with Crippen LogP contribution < -0.4 is 5.32 Å². The van der Waals surface area contributed by atoms with Gasteiger partial charge in [-0.1, -0.05) is 0 Å². The summed E-state index contributed by atoms with van der Waals surface area (Å²) < 4.78 is 3.85. The van der Waals surface area contributed by atoms with Crippen molar-refractivity contribution in [3.8, 4) is 0 Å². The molecule has 6 nitrogen and oxygen atoms in total. The first kappa shape index (κ1) is 13.8. The third-order valence-electron chi connectivity index (χ3n) is 3.78. The van der Waals surface area contributed by atoms with Crippen molar-refractivity contribution in [3.63, 3.8) is 0 Å². The van der Waals surface area contributed by atoms with Gasteiger partial charge in [0.15, 0.2) is 5.65 Å². The smallest absolute Gasteiger partial charge is 0.157 e. The molecule has 0 aromatic carbocycles. The number of rotatable bonds is 4. The maximum atomic E-state index is 4.50. The molecule has 0 saturated heterocycles. The average molecular weight is 284 g/mol. The zero-order valence-corrected chi connectivity index (χ0v) is 12.8. The molecule has 0 aliphatic carbocycles. The van der Waals surface area contributed by atoms with E-state index in [4.69, 9.17) is 0 Å². The zero-order chi connectivity index (χ0) is 15.0. The maximum absolute atomic E-state index is 4.50. The van der Waals surface area contributed by atoms with Crippen LogP contribution in [0.4, 0.5) is 0 Å². The maximum Gasteiger partial charge on any atom is 0.157 e. The third kappa shape index (κ3) is 2.54. The highest BCUT2D eigenvalue weighted by atomic mass is 15.3. The van der Waals surface area contributed by atoms with Crippen LogP contribution in [-0.4, -0.2) is 24.3 Å². The lowest BCUT2D eigenvalue weighted by molar-refractivity contribution is 0.529. The van der Waals surface area contributed by atoms with Crippen molar-refractivity contribution < 1.29 is 0 Å². The summed E-state index contributed by atoms with van der Waals surface area (Å²) in [6.45, 7) is 4.88. The van der Waals surface area contributed by atoms with Crippen molar-refractivity contribution >= 4 is 11.0 Å². The fourth-order valence-electron chi connectivity index (χ4n) is 2.60. The Bertz CT molecular complexity index is 770.